The Kier molecular flexibility index (Phi) is 3.78. The zero-order valence-electron chi connectivity index (χ0n) is 12.0. The quantitative estimate of drug-likeness (QED) is 0.783. The maximum absolute atomic E-state index is 12.1. The number of nitrogens with zero attached hydrogens (tertiary/aromatic N) is 2. The third-order valence-electron chi connectivity index (χ3n) is 3.73. The van der Waals surface area contributed by atoms with Crippen LogP contribution in [0.3, 0.4) is 0 Å². The molecule has 1 N–H and O–H groups in total. The number of likely N-dealkylation sites (tertiary alicyclic amines) is 1. The van der Waals surface area contributed by atoms with Gasteiger partial charge in [0, 0.05) is 24.4 Å². The third-order valence-corrected chi connectivity index (χ3v) is 3.73. The number of para-hydroxylation sites is 2. The van der Waals surface area contributed by atoms with Crippen molar-refractivity contribution in [2.24, 2.45) is 0 Å². The number of hydrogen-bond donors (Lipinski definition) is 1. The molecule has 0 bridgehead atoms. The summed E-state index contributed by atoms with van der Waals surface area (Å²) in [6, 6.07) is 7.98. The van der Waals surface area contributed by atoms with Crippen LogP contribution in [-0.4, -0.2) is 32.9 Å². The summed E-state index contributed by atoms with van der Waals surface area (Å²) in [4.78, 5) is 22.0. The highest BCUT2D eigenvalue weighted by molar-refractivity contribution is 5.81. The standard InChI is InChI=1S/C15H19N3O.ClH/c1-15(2,3)18-9-10(8-13(18)19)14-16-11-6-4-5-7-12(11)17-14;/h4-7,10H,8-9H2,1-3H3,(H,16,17);1H/p-1. The van der Waals surface area contributed by atoms with E-state index >= 15 is 0 Å². The number of nitrogens with one attached hydrogen (secondary N) is 1. The number of hydrogen-bond acceptors (Lipinski definition) is 2. The van der Waals surface area contributed by atoms with Gasteiger partial charge >= 0.3 is 0 Å². The molecule has 1 atom stereocenters. The molecule has 3 rings (SSSR count). The molecule has 1 aliphatic heterocycles. The Morgan fingerprint density at radius 1 is 1.30 bits per heavy atom. The van der Waals surface area contributed by atoms with Crippen molar-refractivity contribution in [3.63, 3.8) is 0 Å². The summed E-state index contributed by atoms with van der Waals surface area (Å²) in [5, 5.41) is 0. The van der Waals surface area contributed by atoms with Crippen LogP contribution in [0.4, 0.5) is 0 Å². The lowest BCUT2D eigenvalue weighted by molar-refractivity contribution is -0.131. The Balaban J connectivity index is 0.00000147. The second-order valence-corrected chi connectivity index (χ2v) is 6.22. The van der Waals surface area contributed by atoms with Crippen molar-refractivity contribution in [1.82, 2.24) is 14.9 Å². The van der Waals surface area contributed by atoms with Gasteiger partial charge in [0.05, 0.1) is 11.0 Å². The Hall–Kier alpha value is -1.55. The van der Waals surface area contributed by atoms with Crippen molar-refractivity contribution >= 4 is 16.9 Å². The fourth-order valence-electron chi connectivity index (χ4n) is 2.70. The van der Waals surface area contributed by atoms with Crippen molar-refractivity contribution in [1.29, 1.82) is 0 Å². The number of H-pyrrole nitrogens is 1. The van der Waals surface area contributed by atoms with Gasteiger partial charge in [0.15, 0.2) is 0 Å². The number of halogens is 1. The fraction of sp³-hybridized carbons (Fsp3) is 0.467. The van der Waals surface area contributed by atoms with E-state index in [0.29, 0.717) is 6.42 Å². The molecule has 108 valence electrons. The molecule has 4 nitrogen and oxygen atoms in total. The molecule has 1 fully saturated rings. The lowest BCUT2D eigenvalue weighted by atomic mass is 10.1. The maximum atomic E-state index is 12.1. The lowest BCUT2D eigenvalue weighted by Crippen LogP contribution is -3.00. The molecule has 0 aliphatic carbocycles. The normalized spacial score (nSPS) is 19.4. The number of fused-ring (bicyclic) bond motifs is 1. The number of rotatable bonds is 1. The van der Waals surface area contributed by atoms with Crippen LogP contribution in [0.25, 0.3) is 11.0 Å². The molecule has 20 heavy (non-hydrogen) atoms. The molecule has 2 aromatic rings. The van der Waals surface area contributed by atoms with E-state index in [1.54, 1.807) is 0 Å². The predicted molar refractivity (Wildman–Crippen MR) is 74.9 cm³/mol. The largest absolute Gasteiger partial charge is 1.00 e. The first-order chi connectivity index (χ1) is 8.95. The molecule has 1 saturated heterocycles. The van der Waals surface area contributed by atoms with Gasteiger partial charge in [-0.3, -0.25) is 4.79 Å². The fourth-order valence-corrected chi connectivity index (χ4v) is 2.70. The van der Waals surface area contributed by atoms with E-state index in [-0.39, 0.29) is 29.8 Å². The van der Waals surface area contributed by atoms with E-state index in [4.69, 9.17) is 0 Å². The SMILES string of the molecule is CC(C)(C)N1CC(c2nc3ccccc3[nH]2)CC1=O.[Cl-]. The summed E-state index contributed by atoms with van der Waals surface area (Å²) in [6.45, 7) is 6.98. The number of benzene rings is 1. The van der Waals surface area contributed by atoms with Crippen molar-refractivity contribution in [2.45, 2.75) is 38.6 Å². The Morgan fingerprint density at radius 3 is 2.60 bits per heavy atom. The molecule has 1 unspecified atom stereocenters. The minimum Gasteiger partial charge on any atom is -1.00 e. The van der Waals surface area contributed by atoms with Crippen LogP contribution in [0.2, 0.25) is 0 Å². The second-order valence-electron chi connectivity index (χ2n) is 6.22. The molecule has 2 heterocycles. The van der Waals surface area contributed by atoms with Gasteiger partial charge in [0.25, 0.3) is 0 Å². The van der Waals surface area contributed by atoms with Gasteiger partial charge in [-0.25, -0.2) is 4.98 Å². The van der Waals surface area contributed by atoms with Gasteiger partial charge in [-0.15, -0.1) is 0 Å². The van der Waals surface area contributed by atoms with Crippen molar-refractivity contribution in [3.8, 4) is 0 Å². The number of aromatic amines is 1. The van der Waals surface area contributed by atoms with E-state index in [0.717, 1.165) is 23.4 Å². The highest BCUT2D eigenvalue weighted by Crippen LogP contribution is 2.31. The molecule has 1 amide bonds. The van der Waals surface area contributed by atoms with Gasteiger partial charge in [-0.05, 0) is 32.9 Å². The summed E-state index contributed by atoms with van der Waals surface area (Å²) >= 11 is 0. The lowest BCUT2D eigenvalue weighted by Gasteiger charge is -2.31. The molecular formula is C15H19ClN3O-. The summed E-state index contributed by atoms with van der Waals surface area (Å²) in [5.74, 6) is 1.33. The minimum atomic E-state index is -0.113. The smallest absolute Gasteiger partial charge is 0.223 e. The number of amides is 1. The summed E-state index contributed by atoms with van der Waals surface area (Å²) in [6.07, 6.45) is 0.553. The molecule has 0 spiro atoms. The maximum Gasteiger partial charge on any atom is 0.223 e. The van der Waals surface area contributed by atoms with E-state index < -0.39 is 0 Å². The van der Waals surface area contributed by atoms with Gasteiger partial charge in [-0.1, -0.05) is 12.1 Å². The number of carbonyl (C=O) groups excluding carboxylic acids is 1. The number of carbonyl (C=O) groups is 1. The third kappa shape index (κ3) is 2.52. The van der Waals surface area contributed by atoms with Crippen LogP contribution in [-0.2, 0) is 4.79 Å². The van der Waals surface area contributed by atoms with Gasteiger partial charge < -0.3 is 22.3 Å². The van der Waals surface area contributed by atoms with Gasteiger partial charge in [0.1, 0.15) is 5.82 Å². The predicted octanol–water partition coefficient (Wildman–Crippen LogP) is -0.319. The molecule has 1 aromatic carbocycles. The number of imidazole rings is 1. The van der Waals surface area contributed by atoms with Crippen molar-refractivity contribution < 1.29 is 17.2 Å². The van der Waals surface area contributed by atoms with E-state index in [1.165, 1.54) is 0 Å². The molecule has 5 heteroatoms. The molecule has 0 saturated carbocycles. The van der Waals surface area contributed by atoms with Crippen LogP contribution < -0.4 is 12.4 Å². The van der Waals surface area contributed by atoms with Crippen LogP contribution in [0.1, 0.15) is 38.9 Å². The highest BCUT2D eigenvalue weighted by atomic mass is 35.5. The van der Waals surface area contributed by atoms with Gasteiger partial charge in [-0.2, -0.15) is 0 Å². The van der Waals surface area contributed by atoms with Crippen molar-refractivity contribution in [3.05, 3.63) is 30.1 Å². The average Bonchev–Trinajstić information content (AvgIpc) is 2.90. The van der Waals surface area contributed by atoms with E-state index in [1.807, 2.05) is 29.2 Å². The highest BCUT2D eigenvalue weighted by Gasteiger charge is 2.37. The van der Waals surface area contributed by atoms with Crippen LogP contribution >= 0.6 is 0 Å². The average molecular weight is 293 g/mol. The second kappa shape index (κ2) is 5.09. The Bertz CT molecular complexity index is 596. The summed E-state index contributed by atoms with van der Waals surface area (Å²) in [5.41, 5.74) is 1.90. The summed E-state index contributed by atoms with van der Waals surface area (Å²) in [7, 11) is 0. The van der Waals surface area contributed by atoms with Gasteiger partial charge in [0.2, 0.25) is 5.91 Å². The monoisotopic (exact) mass is 292 g/mol. The van der Waals surface area contributed by atoms with E-state index in [9.17, 15) is 4.79 Å². The molecular weight excluding hydrogens is 274 g/mol. The topological polar surface area (TPSA) is 49.0 Å². The Labute approximate surface area is 125 Å². The molecule has 1 aliphatic rings. The van der Waals surface area contributed by atoms with Crippen LogP contribution in [0, 0.1) is 0 Å². The zero-order chi connectivity index (χ0) is 13.6. The first-order valence-corrected chi connectivity index (χ1v) is 6.70. The van der Waals surface area contributed by atoms with Crippen molar-refractivity contribution in [2.75, 3.05) is 6.54 Å². The molecule has 0 radical (unpaired) electrons. The first-order valence-electron chi connectivity index (χ1n) is 6.70. The number of aromatic nitrogens is 2. The first kappa shape index (κ1) is 14.9. The molecule has 1 aromatic heterocycles. The van der Waals surface area contributed by atoms with Crippen LogP contribution in [0.15, 0.2) is 24.3 Å². The van der Waals surface area contributed by atoms with Crippen LogP contribution in [0.5, 0.6) is 0 Å². The summed E-state index contributed by atoms with van der Waals surface area (Å²) < 4.78 is 0. The van der Waals surface area contributed by atoms with E-state index in [2.05, 4.69) is 30.7 Å². The minimum absolute atomic E-state index is 0. The zero-order valence-corrected chi connectivity index (χ0v) is 12.7. The Morgan fingerprint density at radius 2 is 2.00 bits per heavy atom.